The second-order valence-corrected chi connectivity index (χ2v) is 4.54. The molecule has 0 aromatic rings. The van der Waals surface area contributed by atoms with Crippen molar-refractivity contribution in [2.45, 2.75) is 38.3 Å². The van der Waals surface area contributed by atoms with E-state index in [9.17, 15) is 4.79 Å². The maximum atomic E-state index is 11.7. The molecule has 0 aromatic carbocycles. The lowest BCUT2D eigenvalue weighted by Gasteiger charge is -2.18. The molecule has 1 fully saturated rings. The van der Waals surface area contributed by atoms with E-state index in [-0.39, 0.29) is 17.6 Å². The van der Waals surface area contributed by atoms with Crippen LogP contribution in [0.5, 0.6) is 0 Å². The molecule has 1 atom stereocenters. The third-order valence-corrected chi connectivity index (χ3v) is 2.73. The molecule has 5 heteroatoms. The Morgan fingerprint density at radius 1 is 1.67 bits per heavy atom. The van der Waals surface area contributed by atoms with Crippen molar-refractivity contribution < 1.29 is 9.63 Å². The molecule has 0 bridgehead atoms. The van der Waals surface area contributed by atoms with E-state index in [2.05, 4.69) is 15.8 Å². The van der Waals surface area contributed by atoms with Gasteiger partial charge in [0, 0.05) is 25.4 Å². The number of nitrogens with one attached hydrogen (secondary N) is 2. The number of carbonyl (C=O) groups excluding carboxylic acids is 1. The van der Waals surface area contributed by atoms with Gasteiger partial charge in [-0.2, -0.15) is 0 Å². The minimum Gasteiger partial charge on any atom is -0.387 e. The van der Waals surface area contributed by atoms with E-state index in [1.807, 2.05) is 13.8 Å². The van der Waals surface area contributed by atoms with E-state index in [4.69, 9.17) is 4.84 Å². The van der Waals surface area contributed by atoms with Crippen molar-refractivity contribution in [1.29, 1.82) is 0 Å². The van der Waals surface area contributed by atoms with Gasteiger partial charge in [-0.25, -0.2) is 0 Å². The summed E-state index contributed by atoms with van der Waals surface area (Å²) < 4.78 is 0. The Morgan fingerprint density at radius 2 is 2.47 bits per heavy atom. The van der Waals surface area contributed by atoms with Gasteiger partial charge in [0.1, 0.15) is 5.71 Å². The van der Waals surface area contributed by atoms with Crippen LogP contribution in [0.3, 0.4) is 0 Å². The molecule has 5 nitrogen and oxygen atoms in total. The summed E-state index contributed by atoms with van der Waals surface area (Å²) in [6, 6.07) is 0.137. The fourth-order valence-corrected chi connectivity index (χ4v) is 1.94. The first-order chi connectivity index (χ1) is 7.11. The summed E-state index contributed by atoms with van der Waals surface area (Å²) in [6.45, 7) is 5.59. The van der Waals surface area contributed by atoms with Gasteiger partial charge >= 0.3 is 0 Å². The molecule has 2 heterocycles. The Kier molecular flexibility index (Phi) is 2.65. The number of nitrogens with zero attached hydrogens (tertiary/aromatic N) is 1. The average Bonchev–Trinajstić information content (AvgIpc) is 2.76. The highest BCUT2D eigenvalue weighted by Crippen LogP contribution is 2.29. The van der Waals surface area contributed by atoms with Crippen LogP contribution in [0, 0.1) is 0 Å². The van der Waals surface area contributed by atoms with Crippen LogP contribution in [0.4, 0.5) is 0 Å². The van der Waals surface area contributed by atoms with Crippen molar-refractivity contribution in [3.63, 3.8) is 0 Å². The molecule has 1 amide bonds. The first kappa shape index (κ1) is 10.4. The number of hydrogen-bond donors (Lipinski definition) is 2. The number of carbonyl (C=O) groups is 1. The van der Waals surface area contributed by atoms with Gasteiger partial charge in [0.2, 0.25) is 0 Å². The van der Waals surface area contributed by atoms with Gasteiger partial charge in [-0.15, -0.1) is 0 Å². The van der Waals surface area contributed by atoms with Crippen molar-refractivity contribution in [2.24, 2.45) is 5.16 Å². The molecular formula is C10H17N3O2. The van der Waals surface area contributed by atoms with E-state index in [0.29, 0.717) is 12.1 Å². The summed E-state index contributed by atoms with van der Waals surface area (Å²) in [4.78, 5) is 17.0. The number of rotatable bonds is 2. The predicted octanol–water partition coefficient (Wildman–Crippen LogP) is 0.0194. The Morgan fingerprint density at radius 3 is 3.07 bits per heavy atom. The molecule has 0 aromatic heterocycles. The maximum Gasteiger partial charge on any atom is 0.269 e. The Labute approximate surface area is 89.2 Å². The molecule has 0 radical (unpaired) electrons. The quantitative estimate of drug-likeness (QED) is 0.677. The van der Waals surface area contributed by atoms with Gasteiger partial charge in [0.05, 0.1) is 0 Å². The van der Waals surface area contributed by atoms with Crippen molar-refractivity contribution >= 4 is 11.6 Å². The predicted molar refractivity (Wildman–Crippen MR) is 56.6 cm³/mol. The SMILES string of the molecule is CC(C)NC(=O)C1=NO[C@@]2(CCNC2)C1. The van der Waals surface area contributed by atoms with Crippen LogP contribution in [0.2, 0.25) is 0 Å². The Hall–Kier alpha value is -1.10. The topological polar surface area (TPSA) is 62.7 Å². The molecule has 2 rings (SSSR count). The van der Waals surface area contributed by atoms with Gasteiger partial charge in [-0.1, -0.05) is 5.16 Å². The van der Waals surface area contributed by atoms with Crippen molar-refractivity contribution in [1.82, 2.24) is 10.6 Å². The Balaban J connectivity index is 1.93. The van der Waals surface area contributed by atoms with Crippen LogP contribution >= 0.6 is 0 Å². The van der Waals surface area contributed by atoms with E-state index in [1.54, 1.807) is 0 Å². The van der Waals surface area contributed by atoms with Crippen LogP contribution in [-0.4, -0.2) is 36.4 Å². The fourth-order valence-electron chi connectivity index (χ4n) is 1.94. The second kappa shape index (κ2) is 3.81. The lowest BCUT2D eigenvalue weighted by molar-refractivity contribution is -0.115. The van der Waals surface area contributed by atoms with E-state index in [0.717, 1.165) is 19.5 Å². The third-order valence-electron chi connectivity index (χ3n) is 2.73. The number of oxime groups is 1. The van der Waals surface area contributed by atoms with Crippen molar-refractivity contribution in [2.75, 3.05) is 13.1 Å². The zero-order valence-corrected chi connectivity index (χ0v) is 9.17. The maximum absolute atomic E-state index is 11.7. The minimum absolute atomic E-state index is 0.103. The van der Waals surface area contributed by atoms with Crippen molar-refractivity contribution in [3.05, 3.63) is 0 Å². The lowest BCUT2D eigenvalue weighted by atomic mass is 9.96. The summed E-state index contributed by atoms with van der Waals surface area (Å²) >= 11 is 0. The smallest absolute Gasteiger partial charge is 0.269 e. The molecule has 1 spiro atoms. The molecule has 0 unspecified atom stereocenters. The molecule has 1 saturated heterocycles. The lowest BCUT2D eigenvalue weighted by Crippen LogP contribution is -2.38. The fraction of sp³-hybridized carbons (Fsp3) is 0.800. The average molecular weight is 211 g/mol. The first-order valence-corrected chi connectivity index (χ1v) is 5.38. The minimum atomic E-state index is -0.246. The third kappa shape index (κ3) is 2.12. The second-order valence-electron chi connectivity index (χ2n) is 4.54. The van der Waals surface area contributed by atoms with Crippen LogP contribution in [-0.2, 0) is 9.63 Å². The van der Waals surface area contributed by atoms with Crippen LogP contribution in [0.15, 0.2) is 5.16 Å². The van der Waals surface area contributed by atoms with Crippen LogP contribution < -0.4 is 10.6 Å². The molecular weight excluding hydrogens is 194 g/mol. The normalized spacial score (nSPS) is 29.4. The van der Waals surface area contributed by atoms with Gasteiger partial charge in [-0.05, 0) is 20.4 Å². The number of amides is 1. The Bertz CT molecular complexity index is 293. The molecule has 2 aliphatic rings. The highest BCUT2D eigenvalue weighted by molar-refractivity contribution is 6.39. The number of hydrogen-bond acceptors (Lipinski definition) is 4. The molecule has 84 valence electrons. The summed E-state index contributed by atoms with van der Waals surface area (Å²) in [6.07, 6.45) is 1.55. The summed E-state index contributed by atoms with van der Waals surface area (Å²) in [7, 11) is 0. The highest BCUT2D eigenvalue weighted by atomic mass is 16.7. The zero-order chi connectivity index (χ0) is 10.9. The van der Waals surface area contributed by atoms with E-state index < -0.39 is 0 Å². The van der Waals surface area contributed by atoms with Crippen molar-refractivity contribution in [3.8, 4) is 0 Å². The zero-order valence-electron chi connectivity index (χ0n) is 9.17. The first-order valence-electron chi connectivity index (χ1n) is 5.38. The highest BCUT2D eigenvalue weighted by Gasteiger charge is 2.43. The summed E-state index contributed by atoms with van der Waals surface area (Å²) in [5, 5.41) is 9.93. The largest absolute Gasteiger partial charge is 0.387 e. The molecule has 0 aliphatic carbocycles. The standard InChI is InChI=1S/C10H17N3O2/c1-7(2)12-9(14)8-5-10(15-13-8)3-4-11-6-10/h7,11H,3-6H2,1-2H3,(H,12,14)/t10-/m0/s1. The van der Waals surface area contributed by atoms with Gasteiger partial charge in [0.25, 0.3) is 5.91 Å². The summed E-state index contributed by atoms with van der Waals surface area (Å²) in [5.41, 5.74) is 0.274. The van der Waals surface area contributed by atoms with Gasteiger partial charge in [0.15, 0.2) is 5.60 Å². The molecule has 0 saturated carbocycles. The molecule has 2 aliphatic heterocycles. The van der Waals surface area contributed by atoms with Crippen LogP contribution in [0.25, 0.3) is 0 Å². The van der Waals surface area contributed by atoms with Gasteiger partial charge < -0.3 is 15.5 Å². The van der Waals surface area contributed by atoms with E-state index in [1.165, 1.54) is 0 Å². The molecule has 2 N–H and O–H groups in total. The van der Waals surface area contributed by atoms with Crippen LogP contribution in [0.1, 0.15) is 26.7 Å². The molecule has 15 heavy (non-hydrogen) atoms. The summed E-state index contributed by atoms with van der Waals surface area (Å²) in [5.74, 6) is -0.103. The van der Waals surface area contributed by atoms with Gasteiger partial charge in [-0.3, -0.25) is 4.79 Å². The van der Waals surface area contributed by atoms with E-state index >= 15 is 0 Å². The monoisotopic (exact) mass is 211 g/mol.